The van der Waals surface area contributed by atoms with E-state index in [0.29, 0.717) is 0 Å². The molecule has 0 heterocycles. The van der Waals surface area contributed by atoms with Gasteiger partial charge in [0.15, 0.2) is 5.16 Å². The highest BCUT2D eigenvalue weighted by molar-refractivity contribution is 7.55. The molecule has 0 aromatic heterocycles. The molecule has 3 N–H and O–H groups in total. The molecule has 0 aliphatic rings. The van der Waals surface area contributed by atoms with Gasteiger partial charge in [-0.25, -0.2) is 0 Å². The number of carboxylic acid groups (broad SMARTS) is 1. The Labute approximate surface area is 118 Å². The maximum Gasteiger partial charge on any atom is 0.344 e. The average Bonchev–Trinajstić information content (AvgIpc) is 2.34. The summed E-state index contributed by atoms with van der Waals surface area (Å²) in [5.41, 5.74) is -1.87. The third kappa shape index (κ3) is 2.62. The van der Waals surface area contributed by atoms with Crippen LogP contribution in [0.25, 0.3) is 0 Å². The van der Waals surface area contributed by atoms with E-state index in [0.717, 1.165) is 0 Å². The van der Waals surface area contributed by atoms with Crippen molar-refractivity contribution in [1.82, 2.24) is 0 Å². The van der Waals surface area contributed by atoms with E-state index >= 15 is 0 Å². The van der Waals surface area contributed by atoms with Crippen molar-refractivity contribution in [3.8, 4) is 0 Å². The molecule has 0 radical (unpaired) electrons. The van der Waals surface area contributed by atoms with Crippen LogP contribution >= 0.6 is 7.60 Å². The molecule has 0 bridgehead atoms. The molecule has 118 valence electrons. The zero-order chi connectivity index (χ0) is 16.2. The number of hydrogen-bond acceptors (Lipinski definition) is 4. The molecule has 0 saturated heterocycles. The van der Waals surface area contributed by atoms with Crippen molar-refractivity contribution in [2.75, 3.05) is 6.61 Å². The molecule has 1 unspecified atom stereocenters. The van der Waals surface area contributed by atoms with E-state index in [1.54, 1.807) is 0 Å². The molecule has 20 heavy (non-hydrogen) atoms. The van der Waals surface area contributed by atoms with Crippen LogP contribution in [0.15, 0.2) is 0 Å². The molecule has 1 atom stereocenters. The predicted octanol–water partition coefficient (Wildman–Crippen LogP) is 1.77. The number of esters is 1. The van der Waals surface area contributed by atoms with Gasteiger partial charge < -0.3 is 19.6 Å². The smallest absolute Gasteiger partial charge is 0.344 e. The van der Waals surface area contributed by atoms with E-state index < -0.39 is 30.1 Å². The average molecular weight is 310 g/mol. The highest BCUT2D eigenvalue weighted by atomic mass is 31.2. The number of rotatable bonds is 8. The fraction of sp³-hybridized carbons (Fsp3) is 0.833. The van der Waals surface area contributed by atoms with Crippen molar-refractivity contribution in [2.45, 2.75) is 52.1 Å². The standard InChI is InChI=1S/C12H23O7P/c1-5-11(6-2,9(13)14)12(7-3,20(16,17)18)10(15)19-8-4/h5-8H2,1-4H3,(H,13,14)(H2,16,17,18). The van der Waals surface area contributed by atoms with Gasteiger partial charge in [0, 0.05) is 0 Å². The summed E-state index contributed by atoms with van der Waals surface area (Å²) < 4.78 is 16.8. The van der Waals surface area contributed by atoms with Gasteiger partial charge in [0.25, 0.3) is 0 Å². The van der Waals surface area contributed by atoms with Crippen molar-refractivity contribution >= 4 is 19.5 Å². The van der Waals surface area contributed by atoms with Crippen LogP contribution in [0.1, 0.15) is 47.0 Å². The summed E-state index contributed by atoms with van der Waals surface area (Å²) in [5, 5.41) is 7.15. The van der Waals surface area contributed by atoms with Crippen molar-refractivity contribution in [3.63, 3.8) is 0 Å². The zero-order valence-electron chi connectivity index (χ0n) is 12.3. The van der Waals surface area contributed by atoms with Gasteiger partial charge in [-0.15, -0.1) is 0 Å². The van der Waals surface area contributed by atoms with Gasteiger partial charge in [-0.05, 0) is 26.2 Å². The van der Waals surface area contributed by atoms with E-state index in [1.807, 2.05) is 0 Å². The Balaban J connectivity index is 6.45. The van der Waals surface area contributed by atoms with Gasteiger partial charge in [0.2, 0.25) is 0 Å². The molecule has 0 aromatic rings. The summed E-state index contributed by atoms with van der Waals surface area (Å²) in [5.74, 6) is -2.55. The molecule has 0 spiro atoms. The fourth-order valence-electron chi connectivity index (χ4n) is 2.85. The third-order valence-electron chi connectivity index (χ3n) is 4.03. The van der Waals surface area contributed by atoms with Crippen LogP contribution in [0.3, 0.4) is 0 Å². The second-order valence-corrected chi connectivity index (χ2v) is 6.42. The second-order valence-electron chi connectivity index (χ2n) is 4.57. The van der Waals surface area contributed by atoms with Gasteiger partial charge in [0.1, 0.15) is 0 Å². The van der Waals surface area contributed by atoms with E-state index in [2.05, 4.69) is 0 Å². The Morgan fingerprint density at radius 2 is 1.50 bits per heavy atom. The SMILES string of the molecule is CCOC(=O)C(CC)(C(CC)(CC)C(=O)O)P(=O)(O)O. The van der Waals surface area contributed by atoms with Crippen molar-refractivity contribution < 1.29 is 33.8 Å². The van der Waals surface area contributed by atoms with Crippen LogP contribution in [0, 0.1) is 5.41 Å². The number of carboxylic acids is 1. The summed E-state index contributed by atoms with van der Waals surface area (Å²) in [4.78, 5) is 43.4. The molecule has 7 nitrogen and oxygen atoms in total. The highest BCUT2D eigenvalue weighted by Crippen LogP contribution is 2.64. The summed E-state index contributed by atoms with van der Waals surface area (Å²) >= 11 is 0. The minimum atomic E-state index is -5.06. The molecule has 0 aliphatic heterocycles. The maximum absolute atomic E-state index is 12.2. The quantitative estimate of drug-likeness (QED) is 0.461. The normalized spacial score (nSPS) is 15.5. The van der Waals surface area contributed by atoms with Crippen LogP contribution in [0.5, 0.6) is 0 Å². The maximum atomic E-state index is 12.2. The number of carbonyl (C=O) groups excluding carboxylic acids is 1. The van der Waals surface area contributed by atoms with Crippen molar-refractivity contribution in [1.29, 1.82) is 0 Å². The van der Waals surface area contributed by atoms with Gasteiger partial charge in [0.05, 0.1) is 12.0 Å². The number of ether oxygens (including phenoxy) is 1. The van der Waals surface area contributed by atoms with Gasteiger partial charge in [-0.2, -0.15) is 0 Å². The second kappa shape index (κ2) is 6.70. The first kappa shape index (κ1) is 19.1. The first-order valence-electron chi connectivity index (χ1n) is 6.57. The molecule has 0 fully saturated rings. The van der Waals surface area contributed by atoms with Crippen LogP contribution < -0.4 is 0 Å². The minimum absolute atomic E-state index is 0.0797. The summed E-state index contributed by atoms with van der Waals surface area (Å²) in [6.07, 6.45) is -0.489. The summed E-state index contributed by atoms with van der Waals surface area (Å²) in [7, 11) is -5.06. The van der Waals surface area contributed by atoms with Crippen LogP contribution in [-0.4, -0.2) is 38.6 Å². The van der Waals surface area contributed by atoms with Crippen LogP contribution in [0.4, 0.5) is 0 Å². The Bertz CT molecular complexity index is 410. The minimum Gasteiger partial charge on any atom is -0.481 e. The molecule has 8 heteroatoms. The number of aliphatic carboxylic acids is 1. The van der Waals surface area contributed by atoms with Crippen molar-refractivity contribution in [2.24, 2.45) is 5.41 Å². The van der Waals surface area contributed by atoms with Gasteiger partial charge in [-0.1, -0.05) is 20.8 Å². The molecule has 0 aliphatic carbocycles. The third-order valence-corrected chi connectivity index (χ3v) is 5.95. The van der Waals surface area contributed by atoms with Crippen LogP contribution in [-0.2, 0) is 18.9 Å². The van der Waals surface area contributed by atoms with Gasteiger partial charge >= 0.3 is 19.5 Å². The van der Waals surface area contributed by atoms with E-state index in [1.165, 1.54) is 27.7 Å². The Hall–Kier alpha value is -0.910. The zero-order valence-corrected chi connectivity index (χ0v) is 13.1. The topological polar surface area (TPSA) is 121 Å². The Kier molecular flexibility index (Phi) is 6.39. The summed E-state index contributed by atoms with van der Waals surface area (Å²) in [6.45, 7) is 5.80. The van der Waals surface area contributed by atoms with E-state index in [-0.39, 0.29) is 25.9 Å². The Morgan fingerprint density at radius 1 is 1.05 bits per heavy atom. The number of carbonyl (C=O) groups is 2. The largest absolute Gasteiger partial charge is 0.481 e. The lowest BCUT2D eigenvalue weighted by atomic mass is 9.69. The predicted molar refractivity (Wildman–Crippen MR) is 72.3 cm³/mol. The molecular formula is C12H23O7P. The lowest BCUT2D eigenvalue weighted by molar-refractivity contribution is -0.165. The summed E-state index contributed by atoms with van der Waals surface area (Å²) in [6, 6.07) is 0. The van der Waals surface area contributed by atoms with Crippen LogP contribution in [0.2, 0.25) is 0 Å². The molecule has 0 aromatic carbocycles. The van der Waals surface area contributed by atoms with E-state index in [9.17, 15) is 29.0 Å². The lowest BCUT2D eigenvalue weighted by Crippen LogP contribution is -2.57. The molecule has 0 amide bonds. The highest BCUT2D eigenvalue weighted by Gasteiger charge is 2.68. The monoisotopic (exact) mass is 310 g/mol. The first-order valence-corrected chi connectivity index (χ1v) is 8.18. The first-order chi connectivity index (χ1) is 9.11. The lowest BCUT2D eigenvalue weighted by Gasteiger charge is -2.44. The Morgan fingerprint density at radius 3 is 1.70 bits per heavy atom. The van der Waals surface area contributed by atoms with E-state index in [4.69, 9.17) is 4.74 Å². The van der Waals surface area contributed by atoms with Crippen molar-refractivity contribution in [3.05, 3.63) is 0 Å². The van der Waals surface area contributed by atoms with Gasteiger partial charge in [-0.3, -0.25) is 14.2 Å². The molecule has 0 saturated carbocycles. The fourth-order valence-corrected chi connectivity index (χ4v) is 4.53. The molecular weight excluding hydrogens is 287 g/mol. The number of hydrogen-bond donors (Lipinski definition) is 3. The molecule has 0 rings (SSSR count).